The normalized spacial score (nSPS) is 26.1. The van der Waals surface area contributed by atoms with E-state index in [-0.39, 0.29) is 6.61 Å². The molecule has 1 aromatic carbocycles. The summed E-state index contributed by atoms with van der Waals surface area (Å²) in [5, 5.41) is 9.43. The van der Waals surface area contributed by atoms with Gasteiger partial charge in [0, 0.05) is 44.6 Å². The molecule has 2 unspecified atom stereocenters. The zero-order chi connectivity index (χ0) is 11.4. The molecule has 1 aliphatic rings. The number of aliphatic hydroxyl groups is 1. The molecule has 2 atom stereocenters. The summed E-state index contributed by atoms with van der Waals surface area (Å²) in [6, 6.07) is 10.5. The maximum absolute atomic E-state index is 9.43. The first-order chi connectivity index (χ1) is 7.85. The van der Waals surface area contributed by atoms with Crippen molar-refractivity contribution < 1.29 is 5.11 Å². The number of hydrogen-bond donors (Lipinski definition) is 2. The van der Waals surface area contributed by atoms with Gasteiger partial charge >= 0.3 is 0 Å². The molecule has 0 aliphatic carbocycles. The molecule has 0 bridgehead atoms. The second kappa shape index (κ2) is 5.43. The second-order valence-corrected chi connectivity index (χ2v) is 4.51. The summed E-state index contributed by atoms with van der Waals surface area (Å²) in [5.41, 5.74) is 6.91. The highest BCUT2D eigenvalue weighted by molar-refractivity contribution is 5.22. The Morgan fingerprint density at radius 2 is 2.00 bits per heavy atom. The third-order valence-corrected chi connectivity index (χ3v) is 3.42. The number of likely N-dealkylation sites (tertiary alicyclic amines) is 1. The van der Waals surface area contributed by atoms with Crippen molar-refractivity contribution in [2.75, 3.05) is 32.8 Å². The smallest absolute Gasteiger partial charge is 0.0477 e. The van der Waals surface area contributed by atoms with Crippen LogP contribution in [0.1, 0.15) is 11.5 Å². The Morgan fingerprint density at radius 3 is 2.62 bits per heavy atom. The van der Waals surface area contributed by atoms with Gasteiger partial charge in [0.15, 0.2) is 0 Å². The average molecular weight is 220 g/mol. The van der Waals surface area contributed by atoms with Crippen LogP contribution in [0.5, 0.6) is 0 Å². The van der Waals surface area contributed by atoms with Crippen LogP contribution in [0.4, 0.5) is 0 Å². The van der Waals surface area contributed by atoms with Gasteiger partial charge in [0.05, 0.1) is 0 Å². The summed E-state index contributed by atoms with van der Waals surface area (Å²) in [7, 11) is 0. The van der Waals surface area contributed by atoms with Crippen molar-refractivity contribution in [2.45, 2.75) is 5.92 Å². The molecule has 88 valence electrons. The van der Waals surface area contributed by atoms with Crippen molar-refractivity contribution >= 4 is 0 Å². The Balaban J connectivity index is 2.09. The predicted molar refractivity (Wildman–Crippen MR) is 65.3 cm³/mol. The molecule has 1 saturated heterocycles. The van der Waals surface area contributed by atoms with Crippen molar-refractivity contribution in [3.63, 3.8) is 0 Å². The first-order valence-electron chi connectivity index (χ1n) is 5.93. The molecule has 0 spiro atoms. The van der Waals surface area contributed by atoms with E-state index in [9.17, 15) is 5.11 Å². The van der Waals surface area contributed by atoms with E-state index < -0.39 is 0 Å². The lowest BCUT2D eigenvalue weighted by Gasteiger charge is -2.16. The Labute approximate surface area is 96.9 Å². The molecule has 3 heteroatoms. The van der Waals surface area contributed by atoms with E-state index in [0.29, 0.717) is 18.4 Å². The van der Waals surface area contributed by atoms with Gasteiger partial charge in [-0.1, -0.05) is 30.3 Å². The summed E-state index contributed by atoms with van der Waals surface area (Å²) in [5.74, 6) is 0.812. The van der Waals surface area contributed by atoms with E-state index in [2.05, 4.69) is 29.2 Å². The van der Waals surface area contributed by atoms with Gasteiger partial charge in [0.25, 0.3) is 0 Å². The number of aliphatic hydroxyl groups excluding tert-OH is 1. The van der Waals surface area contributed by atoms with Crippen molar-refractivity contribution in [3.8, 4) is 0 Å². The SMILES string of the molecule is NCCN1CC(CO)C(c2ccccc2)C1. The van der Waals surface area contributed by atoms with E-state index in [1.165, 1.54) is 5.56 Å². The second-order valence-electron chi connectivity index (χ2n) is 4.51. The van der Waals surface area contributed by atoms with Crippen LogP contribution < -0.4 is 5.73 Å². The van der Waals surface area contributed by atoms with Gasteiger partial charge in [-0.15, -0.1) is 0 Å². The van der Waals surface area contributed by atoms with Gasteiger partial charge in [0.1, 0.15) is 0 Å². The summed E-state index contributed by atoms with van der Waals surface area (Å²) in [4.78, 5) is 2.35. The van der Waals surface area contributed by atoms with Gasteiger partial charge in [-0.2, -0.15) is 0 Å². The first-order valence-corrected chi connectivity index (χ1v) is 5.93. The highest BCUT2D eigenvalue weighted by Crippen LogP contribution is 2.31. The molecule has 16 heavy (non-hydrogen) atoms. The number of hydrogen-bond acceptors (Lipinski definition) is 3. The predicted octanol–water partition coefficient (Wildman–Crippen LogP) is 0.653. The molecule has 1 heterocycles. The number of nitrogens with zero attached hydrogens (tertiary/aromatic N) is 1. The van der Waals surface area contributed by atoms with Gasteiger partial charge in [-0.05, 0) is 5.56 Å². The highest BCUT2D eigenvalue weighted by Gasteiger charge is 2.32. The molecule has 1 aliphatic heterocycles. The Morgan fingerprint density at radius 1 is 1.25 bits per heavy atom. The average Bonchev–Trinajstić information content (AvgIpc) is 2.74. The number of nitrogens with two attached hydrogens (primary N) is 1. The molecule has 3 N–H and O–H groups in total. The molecule has 1 aromatic rings. The maximum Gasteiger partial charge on any atom is 0.0477 e. The summed E-state index contributed by atoms with van der Waals surface area (Å²) in [6.45, 7) is 3.87. The molecule has 0 aromatic heterocycles. The third kappa shape index (κ3) is 2.43. The third-order valence-electron chi connectivity index (χ3n) is 3.42. The van der Waals surface area contributed by atoms with Gasteiger partial charge in [0.2, 0.25) is 0 Å². The van der Waals surface area contributed by atoms with Crippen LogP contribution in [0.2, 0.25) is 0 Å². The summed E-state index contributed by atoms with van der Waals surface area (Å²) in [6.07, 6.45) is 0. The van der Waals surface area contributed by atoms with Crippen LogP contribution in [0.3, 0.4) is 0 Å². The van der Waals surface area contributed by atoms with E-state index in [1.807, 2.05) is 6.07 Å². The van der Waals surface area contributed by atoms with Gasteiger partial charge < -0.3 is 15.7 Å². The lowest BCUT2D eigenvalue weighted by Crippen LogP contribution is -2.27. The van der Waals surface area contributed by atoms with Crippen molar-refractivity contribution in [1.29, 1.82) is 0 Å². The van der Waals surface area contributed by atoms with Crippen LogP contribution in [0.25, 0.3) is 0 Å². The molecular formula is C13H20N2O. The van der Waals surface area contributed by atoms with Gasteiger partial charge in [-0.25, -0.2) is 0 Å². The van der Waals surface area contributed by atoms with Crippen molar-refractivity contribution in [2.24, 2.45) is 11.7 Å². The fourth-order valence-corrected chi connectivity index (χ4v) is 2.59. The van der Waals surface area contributed by atoms with E-state index in [0.717, 1.165) is 19.6 Å². The molecular weight excluding hydrogens is 200 g/mol. The maximum atomic E-state index is 9.43. The molecule has 1 fully saturated rings. The largest absolute Gasteiger partial charge is 0.396 e. The lowest BCUT2D eigenvalue weighted by atomic mass is 9.90. The number of rotatable bonds is 4. The van der Waals surface area contributed by atoms with Crippen LogP contribution in [-0.4, -0.2) is 42.8 Å². The van der Waals surface area contributed by atoms with E-state index >= 15 is 0 Å². The molecule has 0 radical (unpaired) electrons. The Bertz CT molecular complexity index is 315. The summed E-state index contributed by atoms with van der Waals surface area (Å²) >= 11 is 0. The highest BCUT2D eigenvalue weighted by atomic mass is 16.3. The Kier molecular flexibility index (Phi) is 3.93. The molecule has 0 amide bonds. The van der Waals surface area contributed by atoms with Crippen molar-refractivity contribution in [1.82, 2.24) is 4.90 Å². The van der Waals surface area contributed by atoms with Crippen LogP contribution in [0.15, 0.2) is 30.3 Å². The van der Waals surface area contributed by atoms with E-state index in [4.69, 9.17) is 5.73 Å². The first kappa shape index (κ1) is 11.6. The number of benzene rings is 1. The minimum atomic E-state index is 0.265. The summed E-state index contributed by atoms with van der Waals surface area (Å²) < 4.78 is 0. The minimum Gasteiger partial charge on any atom is -0.396 e. The fourth-order valence-electron chi connectivity index (χ4n) is 2.59. The monoisotopic (exact) mass is 220 g/mol. The van der Waals surface area contributed by atoms with Crippen LogP contribution >= 0.6 is 0 Å². The lowest BCUT2D eigenvalue weighted by molar-refractivity contribution is 0.216. The van der Waals surface area contributed by atoms with Crippen LogP contribution in [-0.2, 0) is 0 Å². The zero-order valence-corrected chi connectivity index (χ0v) is 9.55. The van der Waals surface area contributed by atoms with Crippen LogP contribution in [0, 0.1) is 5.92 Å². The molecule has 2 rings (SSSR count). The minimum absolute atomic E-state index is 0.265. The zero-order valence-electron chi connectivity index (χ0n) is 9.55. The van der Waals surface area contributed by atoms with Gasteiger partial charge in [-0.3, -0.25) is 0 Å². The topological polar surface area (TPSA) is 49.5 Å². The molecule has 3 nitrogen and oxygen atoms in total. The fraction of sp³-hybridized carbons (Fsp3) is 0.538. The quantitative estimate of drug-likeness (QED) is 0.783. The van der Waals surface area contributed by atoms with Crippen molar-refractivity contribution in [3.05, 3.63) is 35.9 Å². The van der Waals surface area contributed by atoms with E-state index in [1.54, 1.807) is 0 Å². The Hall–Kier alpha value is -0.900. The molecule has 0 saturated carbocycles. The standard InChI is InChI=1S/C13H20N2O/c14-6-7-15-8-12(10-16)13(9-15)11-4-2-1-3-5-11/h1-5,12-13,16H,6-10,14H2.